The van der Waals surface area contributed by atoms with Crippen molar-refractivity contribution in [3.8, 4) is 0 Å². The molecule has 1 rings (SSSR count). The maximum atomic E-state index is 11.5. The van der Waals surface area contributed by atoms with Crippen molar-refractivity contribution in [1.29, 1.82) is 0 Å². The summed E-state index contributed by atoms with van der Waals surface area (Å²) in [5, 5.41) is 4.40. The number of thiazole rings is 1. The fraction of sp³-hybridized carbons (Fsp3) is 0.583. The van der Waals surface area contributed by atoms with E-state index in [1.807, 2.05) is 5.38 Å². The van der Waals surface area contributed by atoms with Gasteiger partial charge in [0.25, 0.3) is 0 Å². The lowest BCUT2D eigenvalue weighted by Crippen LogP contribution is -2.33. The van der Waals surface area contributed by atoms with E-state index in [0.717, 1.165) is 5.69 Å². The molecule has 1 aromatic heterocycles. The van der Waals surface area contributed by atoms with Crippen LogP contribution in [-0.4, -0.2) is 29.0 Å². The van der Waals surface area contributed by atoms with Crippen LogP contribution in [0.15, 0.2) is 10.9 Å². The van der Waals surface area contributed by atoms with Gasteiger partial charge in [-0.1, -0.05) is 0 Å². The average molecular weight is 270 g/mol. The van der Waals surface area contributed by atoms with E-state index in [2.05, 4.69) is 10.3 Å². The Bertz CT molecular complexity index is 396. The first-order valence-corrected chi connectivity index (χ1v) is 6.67. The summed E-state index contributed by atoms with van der Waals surface area (Å²) in [5.74, 6) is 0.0527. The van der Waals surface area contributed by atoms with Gasteiger partial charge in [-0.3, -0.25) is 4.79 Å². The molecule has 0 aliphatic carbocycles. The van der Waals surface area contributed by atoms with Crippen molar-refractivity contribution in [3.63, 3.8) is 0 Å². The molecule has 0 radical (unpaired) electrons. The number of carbonyl (C=O) groups is 2. The maximum absolute atomic E-state index is 11.5. The normalized spacial score (nSPS) is 11.1. The maximum Gasteiger partial charge on any atom is 0.407 e. The number of hydrogen-bond donors (Lipinski definition) is 1. The zero-order valence-corrected chi connectivity index (χ0v) is 11.7. The van der Waals surface area contributed by atoms with Crippen LogP contribution >= 0.6 is 11.3 Å². The van der Waals surface area contributed by atoms with Gasteiger partial charge in [0.15, 0.2) is 0 Å². The number of nitrogens with zero attached hydrogens (tertiary/aromatic N) is 1. The molecule has 5 nitrogen and oxygen atoms in total. The lowest BCUT2D eigenvalue weighted by atomic mass is 10.2. The van der Waals surface area contributed by atoms with Crippen molar-refractivity contribution in [2.24, 2.45) is 0 Å². The number of amides is 1. The molecule has 6 heteroatoms. The molecule has 100 valence electrons. The van der Waals surface area contributed by atoms with Crippen LogP contribution in [0.4, 0.5) is 4.79 Å². The zero-order valence-electron chi connectivity index (χ0n) is 10.9. The molecule has 0 spiro atoms. The van der Waals surface area contributed by atoms with Crippen LogP contribution in [-0.2, 0) is 16.0 Å². The first-order chi connectivity index (χ1) is 8.37. The number of aromatic nitrogens is 1. The highest BCUT2D eigenvalue weighted by atomic mass is 32.1. The monoisotopic (exact) mass is 270 g/mol. The van der Waals surface area contributed by atoms with Gasteiger partial charge in [0.2, 0.25) is 0 Å². The summed E-state index contributed by atoms with van der Waals surface area (Å²) in [7, 11) is 0. The molecule has 0 unspecified atom stereocenters. The van der Waals surface area contributed by atoms with Gasteiger partial charge in [0, 0.05) is 24.8 Å². The van der Waals surface area contributed by atoms with Crippen molar-refractivity contribution in [1.82, 2.24) is 10.3 Å². The van der Waals surface area contributed by atoms with Gasteiger partial charge >= 0.3 is 6.09 Å². The van der Waals surface area contributed by atoms with E-state index in [1.54, 1.807) is 26.3 Å². The highest BCUT2D eigenvalue weighted by Crippen LogP contribution is 2.06. The third-order valence-corrected chi connectivity index (χ3v) is 2.57. The summed E-state index contributed by atoms with van der Waals surface area (Å²) in [6, 6.07) is 0. The second-order valence-electron chi connectivity index (χ2n) is 4.87. The molecule has 0 saturated carbocycles. The Kier molecular flexibility index (Phi) is 5.27. The smallest absolute Gasteiger partial charge is 0.407 e. The van der Waals surface area contributed by atoms with Crippen LogP contribution in [0.2, 0.25) is 0 Å². The quantitative estimate of drug-likeness (QED) is 0.890. The number of alkyl carbamates (subject to hydrolysis) is 1. The van der Waals surface area contributed by atoms with Crippen LogP contribution in [0.5, 0.6) is 0 Å². The van der Waals surface area contributed by atoms with E-state index in [-0.39, 0.29) is 18.7 Å². The van der Waals surface area contributed by atoms with Gasteiger partial charge in [-0.2, -0.15) is 0 Å². The van der Waals surface area contributed by atoms with E-state index >= 15 is 0 Å². The van der Waals surface area contributed by atoms with Gasteiger partial charge in [-0.15, -0.1) is 11.3 Å². The summed E-state index contributed by atoms with van der Waals surface area (Å²) < 4.78 is 5.05. The fourth-order valence-corrected chi connectivity index (χ4v) is 1.79. The third kappa shape index (κ3) is 6.34. The van der Waals surface area contributed by atoms with Crippen LogP contribution in [0.25, 0.3) is 0 Å². The molecule has 0 bridgehead atoms. The Morgan fingerprint density at radius 1 is 1.44 bits per heavy atom. The minimum Gasteiger partial charge on any atom is -0.444 e. The molecule has 1 aromatic rings. The molecule has 0 fully saturated rings. The van der Waals surface area contributed by atoms with Gasteiger partial charge < -0.3 is 10.1 Å². The molecule has 1 N–H and O–H groups in total. The molecule has 1 amide bonds. The lowest BCUT2D eigenvalue weighted by Gasteiger charge is -2.19. The molecule has 18 heavy (non-hydrogen) atoms. The van der Waals surface area contributed by atoms with Crippen molar-refractivity contribution in [3.05, 3.63) is 16.6 Å². The first kappa shape index (κ1) is 14.6. The third-order valence-electron chi connectivity index (χ3n) is 1.93. The van der Waals surface area contributed by atoms with Gasteiger partial charge in [-0.05, 0) is 20.8 Å². The number of hydrogen-bond acceptors (Lipinski definition) is 5. The summed E-state index contributed by atoms with van der Waals surface area (Å²) in [5.41, 5.74) is 1.96. The molecular weight excluding hydrogens is 252 g/mol. The standard InChI is InChI=1S/C12H18N2O3S/c1-12(2,3)17-11(16)13-5-4-10(15)6-9-7-18-8-14-9/h7-8H,4-6H2,1-3H3,(H,13,16). The molecule has 0 aliphatic heterocycles. The number of ketones is 1. The number of carbonyl (C=O) groups excluding carboxylic acids is 2. The van der Waals surface area contributed by atoms with Gasteiger partial charge in [0.05, 0.1) is 11.2 Å². The summed E-state index contributed by atoms with van der Waals surface area (Å²) >= 11 is 1.46. The Hall–Kier alpha value is -1.43. The fourth-order valence-electron chi connectivity index (χ4n) is 1.23. The summed E-state index contributed by atoms with van der Waals surface area (Å²) in [6.07, 6.45) is 0.111. The predicted molar refractivity (Wildman–Crippen MR) is 69.7 cm³/mol. The molecular formula is C12H18N2O3S. The number of rotatable bonds is 5. The minimum absolute atomic E-state index is 0.0527. The lowest BCUT2D eigenvalue weighted by molar-refractivity contribution is -0.118. The van der Waals surface area contributed by atoms with Crippen molar-refractivity contribution < 1.29 is 14.3 Å². The highest BCUT2D eigenvalue weighted by Gasteiger charge is 2.15. The zero-order chi connectivity index (χ0) is 13.6. The SMILES string of the molecule is CC(C)(C)OC(=O)NCCC(=O)Cc1cscn1. The Morgan fingerprint density at radius 2 is 2.17 bits per heavy atom. The van der Waals surface area contributed by atoms with E-state index in [4.69, 9.17) is 4.74 Å². The number of nitrogens with one attached hydrogen (secondary N) is 1. The van der Waals surface area contributed by atoms with E-state index in [0.29, 0.717) is 6.42 Å². The van der Waals surface area contributed by atoms with Crippen molar-refractivity contribution in [2.75, 3.05) is 6.54 Å². The number of ether oxygens (including phenoxy) is 1. The highest BCUT2D eigenvalue weighted by molar-refractivity contribution is 7.07. The molecule has 0 atom stereocenters. The summed E-state index contributed by atoms with van der Waals surface area (Å²) in [6.45, 7) is 5.66. The minimum atomic E-state index is -0.519. The van der Waals surface area contributed by atoms with Gasteiger partial charge in [0.1, 0.15) is 11.4 Å². The topological polar surface area (TPSA) is 68.3 Å². The number of Topliss-reactive ketones (excluding diaryl/α,β-unsaturated/α-hetero) is 1. The van der Waals surface area contributed by atoms with Crippen molar-refractivity contribution >= 4 is 23.2 Å². The van der Waals surface area contributed by atoms with E-state index in [9.17, 15) is 9.59 Å². The Balaban J connectivity index is 2.18. The molecule has 0 saturated heterocycles. The molecule has 1 heterocycles. The van der Waals surface area contributed by atoms with E-state index < -0.39 is 11.7 Å². The van der Waals surface area contributed by atoms with Crippen LogP contribution < -0.4 is 5.32 Å². The molecule has 0 aromatic carbocycles. The average Bonchev–Trinajstić information content (AvgIpc) is 2.67. The van der Waals surface area contributed by atoms with E-state index in [1.165, 1.54) is 11.3 Å². The first-order valence-electron chi connectivity index (χ1n) is 5.72. The summed E-state index contributed by atoms with van der Waals surface area (Å²) in [4.78, 5) is 26.9. The second kappa shape index (κ2) is 6.49. The van der Waals surface area contributed by atoms with Crippen LogP contribution in [0.1, 0.15) is 32.9 Å². The Morgan fingerprint density at radius 3 is 2.72 bits per heavy atom. The Labute approximate surface area is 111 Å². The van der Waals surface area contributed by atoms with Crippen LogP contribution in [0.3, 0.4) is 0 Å². The van der Waals surface area contributed by atoms with Gasteiger partial charge in [-0.25, -0.2) is 9.78 Å². The predicted octanol–water partition coefficient (Wildman–Crippen LogP) is 2.17. The largest absolute Gasteiger partial charge is 0.444 e. The molecule has 0 aliphatic rings. The van der Waals surface area contributed by atoms with Crippen molar-refractivity contribution in [2.45, 2.75) is 39.2 Å². The van der Waals surface area contributed by atoms with Crippen LogP contribution in [0, 0.1) is 0 Å². The second-order valence-corrected chi connectivity index (χ2v) is 5.59.